The highest BCUT2D eigenvalue weighted by molar-refractivity contribution is 5.95. The lowest BCUT2D eigenvalue weighted by molar-refractivity contribution is 0.0922. The molecule has 0 atom stereocenters. The van der Waals surface area contributed by atoms with Crippen LogP contribution < -0.4 is 15.4 Å². The van der Waals surface area contributed by atoms with Gasteiger partial charge in [-0.05, 0) is 62.1 Å². The lowest BCUT2D eigenvalue weighted by Gasteiger charge is -2.29. The Hall–Kier alpha value is -3.73. The highest BCUT2D eigenvalue weighted by Gasteiger charge is 2.24. The number of amides is 2. The average Bonchev–Trinajstić information content (AvgIpc) is 2.69. The summed E-state index contributed by atoms with van der Waals surface area (Å²) in [5.74, 6) is 0.343. The lowest BCUT2D eigenvalue weighted by atomic mass is 9.91. The summed E-state index contributed by atoms with van der Waals surface area (Å²) >= 11 is 0. The topological polar surface area (TPSA) is 132 Å². The second-order valence-electron chi connectivity index (χ2n) is 6.93. The number of carbonyl (C=O) groups is 2. The molecular formula is C21H21N3O5. The number of benzene rings is 2. The van der Waals surface area contributed by atoms with Crippen molar-refractivity contribution in [2.75, 3.05) is 0 Å². The molecule has 3 rings (SSSR count). The van der Waals surface area contributed by atoms with Crippen molar-refractivity contribution in [1.29, 1.82) is 5.26 Å². The zero-order chi connectivity index (χ0) is 20.8. The largest absolute Gasteiger partial charge is 0.508 e. The van der Waals surface area contributed by atoms with E-state index >= 15 is 0 Å². The molecule has 8 nitrogen and oxygen atoms in total. The van der Waals surface area contributed by atoms with Crippen molar-refractivity contribution in [1.82, 2.24) is 10.6 Å². The maximum absolute atomic E-state index is 12.6. The Kier molecular flexibility index (Phi) is 6.19. The van der Waals surface area contributed by atoms with Crippen molar-refractivity contribution in [2.24, 2.45) is 0 Å². The van der Waals surface area contributed by atoms with Gasteiger partial charge >= 0.3 is 6.09 Å². The molecule has 0 radical (unpaired) electrons. The van der Waals surface area contributed by atoms with Crippen LogP contribution >= 0.6 is 0 Å². The van der Waals surface area contributed by atoms with Gasteiger partial charge in [-0.3, -0.25) is 4.79 Å². The van der Waals surface area contributed by atoms with Gasteiger partial charge in [0.25, 0.3) is 5.91 Å². The number of hydrogen-bond acceptors (Lipinski definition) is 5. The fourth-order valence-electron chi connectivity index (χ4n) is 3.33. The third kappa shape index (κ3) is 5.62. The number of aromatic hydroxyl groups is 1. The van der Waals surface area contributed by atoms with Crippen molar-refractivity contribution in [3.8, 4) is 23.3 Å². The van der Waals surface area contributed by atoms with E-state index in [9.17, 15) is 14.7 Å². The third-order valence-corrected chi connectivity index (χ3v) is 4.76. The van der Waals surface area contributed by atoms with Crippen LogP contribution in [0.1, 0.15) is 41.6 Å². The highest BCUT2D eigenvalue weighted by Crippen LogP contribution is 2.27. The Morgan fingerprint density at radius 2 is 1.59 bits per heavy atom. The van der Waals surface area contributed by atoms with E-state index in [0.717, 1.165) is 0 Å². The van der Waals surface area contributed by atoms with Crippen LogP contribution in [0.4, 0.5) is 4.79 Å². The summed E-state index contributed by atoms with van der Waals surface area (Å²) in [5.41, 5.74) is 0.765. The smallest absolute Gasteiger partial charge is 0.404 e. The van der Waals surface area contributed by atoms with Crippen LogP contribution in [-0.4, -0.2) is 34.3 Å². The normalized spacial score (nSPS) is 18.3. The number of hydrogen-bond donors (Lipinski definition) is 4. The Labute approximate surface area is 167 Å². The predicted molar refractivity (Wildman–Crippen MR) is 104 cm³/mol. The summed E-state index contributed by atoms with van der Waals surface area (Å²) in [5, 5.41) is 33.0. The first-order valence-corrected chi connectivity index (χ1v) is 9.25. The minimum Gasteiger partial charge on any atom is -0.508 e. The molecule has 2 aromatic carbocycles. The number of nitrogens with one attached hydrogen (secondary N) is 2. The molecule has 0 unspecified atom stereocenters. The monoisotopic (exact) mass is 395 g/mol. The van der Waals surface area contributed by atoms with E-state index in [4.69, 9.17) is 15.1 Å². The molecule has 4 N–H and O–H groups in total. The molecular weight excluding hydrogens is 374 g/mol. The second kappa shape index (κ2) is 8.97. The van der Waals surface area contributed by atoms with E-state index < -0.39 is 6.09 Å². The van der Waals surface area contributed by atoms with Gasteiger partial charge < -0.3 is 25.6 Å². The van der Waals surface area contributed by atoms with Crippen LogP contribution in [-0.2, 0) is 0 Å². The van der Waals surface area contributed by atoms with E-state index in [-0.39, 0.29) is 29.3 Å². The van der Waals surface area contributed by atoms with Gasteiger partial charge in [0.05, 0.1) is 11.6 Å². The zero-order valence-corrected chi connectivity index (χ0v) is 15.6. The zero-order valence-electron chi connectivity index (χ0n) is 15.6. The highest BCUT2D eigenvalue weighted by atomic mass is 16.5. The molecule has 8 heteroatoms. The van der Waals surface area contributed by atoms with Gasteiger partial charge in [0.1, 0.15) is 17.2 Å². The van der Waals surface area contributed by atoms with Gasteiger partial charge in [0.15, 0.2) is 0 Å². The summed E-state index contributed by atoms with van der Waals surface area (Å²) < 4.78 is 5.68. The summed E-state index contributed by atoms with van der Waals surface area (Å²) in [7, 11) is 0. The van der Waals surface area contributed by atoms with Gasteiger partial charge in [0.2, 0.25) is 0 Å². The molecule has 0 saturated heterocycles. The van der Waals surface area contributed by atoms with Gasteiger partial charge in [-0.2, -0.15) is 5.26 Å². The molecule has 2 aromatic rings. The summed E-state index contributed by atoms with van der Waals surface area (Å²) in [4.78, 5) is 23.3. The fraction of sp³-hybridized carbons (Fsp3) is 0.286. The van der Waals surface area contributed by atoms with Crippen LogP contribution in [0.3, 0.4) is 0 Å². The quantitative estimate of drug-likeness (QED) is 0.614. The third-order valence-electron chi connectivity index (χ3n) is 4.76. The first kappa shape index (κ1) is 20.0. The average molecular weight is 395 g/mol. The Morgan fingerprint density at radius 1 is 0.966 bits per heavy atom. The maximum Gasteiger partial charge on any atom is 0.404 e. The van der Waals surface area contributed by atoms with Crippen LogP contribution in [0.5, 0.6) is 17.2 Å². The maximum atomic E-state index is 12.6. The molecule has 1 saturated carbocycles. The Morgan fingerprint density at radius 3 is 2.17 bits per heavy atom. The van der Waals surface area contributed by atoms with Gasteiger partial charge in [-0.25, -0.2) is 4.79 Å². The molecule has 150 valence electrons. The van der Waals surface area contributed by atoms with Crippen molar-refractivity contribution < 1.29 is 24.5 Å². The molecule has 0 aromatic heterocycles. The number of carboxylic acid groups (broad SMARTS) is 1. The first-order valence-electron chi connectivity index (χ1n) is 9.25. The van der Waals surface area contributed by atoms with Gasteiger partial charge in [-0.1, -0.05) is 0 Å². The molecule has 0 heterocycles. The van der Waals surface area contributed by atoms with Gasteiger partial charge in [0, 0.05) is 23.7 Å². The number of ether oxygens (including phenoxy) is 1. The minimum atomic E-state index is -1.04. The van der Waals surface area contributed by atoms with E-state index in [1.807, 2.05) is 6.07 Å². The van der Waals surface area contributed by atoms with Crippen molar-refractivity contribution in [2.45, 2.75) is 37.8 Å². The second-order valence-corrected chi connectivity index (χ2v) is 6.93. The number of carbonyl (C=O) groups excluding carboxylic acids is 1. The van der Waals surface area contributed by atoms with E-state index in [1.54, 1.807) is 24.3 Å². The molecule has 2 amide bonds. The lowest BCUT2D eigenvalue weighted by Crippen LogP contribution is -2.43. The van der Waals surface area contributed by atoms with Crippen molar-refractivity contribution >= 4 is 12.0 Å². The van der Waals surface area contributed by atoms with Gasteiger partial charge in [-0.15, -0.1) is 0 Å². The molecule has 1 aliphatic carbocycles. The van der Waals surface area contributed by atoms with Crippen LogP contribution in [0.2, 0.25) is 0 Å². The predicted octanol–water partition coefficient (Wildman–Crippen LogP) is 3.36. The van der Waals surface area contributed by atoms with Crippen molar-refractivity contribution in [3.05, 3.63) is 53.6 Å². The number of nitrogens with zero attached hydrogens (tertiary/aromatic N) is 1. The van der Waals surface area contributed by atoms with E-state index in [2.05, 4.69) is 10.6 Å². The van der Waals surface area contributed by atoms with Crippen LogP contribution in [0, 0.1) is 11.3 Å². The van der Waals surface area contributed by atoms with E-state index in [0.29, 0.717) is 42.7 Å². The molecule has 0 aliphatic heterocycles. The summed E-state index contributed by atoms with van der Waals surface area (Å²) in [6.07, 6.45) is 1.62. The summed E-state index contributed by atoms with van der Waals surface area (Å²) in [6, 6.07) is 12.7. The first-order chi connectivity index (χ1) is 13.9. The van der Waals surface area contributed by atoms with E-state index in [1.165, 1.54) is 18.2 Å². The Balaban J connectivity index is 1.62. The number of phenolic OH excluding ortho intramolecular Hbond substituents is 1. The SMILES string of the molecule is N#Cc1ccc(Oc2cc(O)cc(C(=O)NC3CCC(NC(=O)O)CC3)c2)cc1. The molecule has 0 bridgehead atoms. The minimum absolute atomic E-state index is 0.0559. The standard InChI is InChI=1S/C21H21N3O5/c22-12-13-1-7-18(8-2-13)29-19-10-14(9-17(25)11-19)20(26)23-15-3-5-16(6-4-15)24-21(27)28/h1-2,7-11,15-16,24-25H,3-6H2,(H,23,26)(H,27,28). The van der Waals surface area contributed by atoms with Crippen LogP contribution in [0.25, 0.3) is 0 Å². The molecule has 29 heavy (non-hydrogen) atoms. The molecule has 1 fully saturated rings. The molecule has 0 spiro atoms. The fourth-order valence-corrected chi connectivity index (χ4v) is 3.33. The Bertz CT molecular complexity index is 928. The number of phenols is 1. The van der Waals surface area contributed by atoms with Crippen LogP contribution in [0.15, 0.2) is 42.5 Å². The number of nitriles is 1. The van der Waals surface area contributed by atoms with Crippen molar-refractivity contribution in [3.63, 3.8) is 0 Å². The summed E-state index contributed by atoms with van der Waals surface area (Å²) in [6.45, 7) is 0. The molecule has 1 aliphatic rings. The number of rotatable bonds is 5.